The van der Waals surface area contributed by atoms with Gasteiger partial charge in [-0.3, -0.25) is 4.79 Å². The fourth-order valence-corrected chi connectivity index (χ4v) is 6.20. The fourth-order valence-electron chi connectivity index (χ4n) is 6.20. The molecule has 3 N–H and O–H groups in total. The van der Waals surface area contributed by atoms with Gasteiger partial charge in [0.25, 0.3) is 0 Å². The first-order valence-corrected chi connectivity index (χ1v) is 8.11. The van der Waals surface area contributed by atoms with Gasteiger partial charge in [0.15, 0.2) is 0 Å². The maximum Gasteiger partial charge on any atom is 0.226 e. The number of nitrogens with one attached hydrogen (secondary N) is 1. The van der Waals surface area contributed by atoms with Crippen LogP contribution in [0.4, 0.5) is 0 Å². The van der Waals surface area contributed by atoms with Crippen LogP contribution in [0.25, 0.3) is 0 Å². The summed E-state index contributed by atoms with van der Waals surface area (Å²) in [4.78, 5) is 12.9. The number of hydrogen-bond donors (Lipinski definition) is 2. The molecule has 0 aliphatic heterocycles. The summed E-state index contributed by atoms with van der Waals surface area (Å²) in [6.07, 6.45) is 7.26. The second kappa shape index (κ2) is 4.00. The Labute approximate surface area is 123 Å². The molecule has 0 aromatic rings. The third-order valence-electron chi connectivity index (χ3n) is 5.81. The van der Waals surface area contributed by atoms with Crippen LogP contribution in [-0.4, -0.2) is 18.0 Å². The molecule has 0 aromatic carbocycles. The number of carbonyl (C=O) groups is 1. The number of nitrogens with two attached hydrogens (primary N) is 1. The van der Waals surface area contributed by atoms with Crippen LogP contribution in [0.5, 0.6) is 0 Å². The zero-order valence-corrected chi connectivity index (χ0v) is 13.5. The topological polar surface area (TPSA) is 55.1 Å². The maximum absolute atomic E-state index is 12.9. The minimum atomic E-state index is -0.328. The summed E-state index contributed by atoms with van der Waals surface area (Å²) in [5.74, 6) is 1.04. The molecule has 3 heteroatoms. The molecule has 4 aliphatic rings. The molecule has 4 bridgehead atoms. The van der Waals surface area contributed by atoms with Crippen LogP contribution in [0.2, 0.25) is 0 Å². The van der Waals surface area contributed by atoms with E-state index in [1.165, 1.54) is 19.3 Å². The third kappa shape index (κ3) is 2.38. The zero-order chi connectivity index (χ0) is 14.8. The summed E-state index contributed by atoms with van der Waals surface area (Å²) in [5.41, 5.74) is 6.37. The number of carbonyl (C=O) groups excluding carboxylic acids is 1. The van der Waals surface area contributed by atoms with Crippen molar-refractivity contribution in [3.63, 3.8) is 0 Å². The summed E-state index contributed by atoms with van der Waals surface area (Å²) in [7, 11) is 0. The van der Waals surface area contributed by atoms with E-state index in [9.17, 15) is 4.79 Å². The van der Waals surface area contributed by atoms with E-state index < -0.39 is 0 Å². The smallest absolute Gasteiger partial charge is 0.226 e. The molecule has 20 heavy (non-hydrogen) atoms. The summed E-state index contributed by atoms with van der Waals surface area (Å²) in [6, 6.07) is 0. The molecule has 4 rings (SSSR count). The van der Waals surface area contributed by atoms with Gasteiger partial charge in [0.05, 0.1) is 5.41 Å². The van der Waals surface area contributed by atoms with Crippen molar-refractivity contribution in [1.82, 2.24) is 5.32 Å². The van der Waals surface area contributed by atoms with Gasteiger partial charge >= 0.3 is 0 Å². The Morgan fingerprint density at radius 1 is 1.15 bits per heavy atom. The van der Waals surface area contributed by atoms with Crippen LogP contribution in [0.15, 0.2) is 0 Å². The Hall–Kier alpha value is -0.570. The Bertz CT molecular complexity index is 419. The maximum atomic E-state index is 12.9. The fraction of sp³-hybridized carbons (Fsp3) is 0.941. The van der Waals surface area contributed by atoms with Gasteiger partial charge < -0.3 is 11.1 Å². The highest BCUT2D eigenvalue weighted by Gasteiger charge is 2.62. The molecule has 1 amide bonds. The molecule has 0 aromatic heterocycles. The average Bonchev–Trinajstić information content (AvgIpc) is 2.19. The summed E-state index contributed by atoms with van der Waals surface area (Å²) in [6.45, 7) is 9.33. The Kier molecular flexibility index (Phi) is 2.87. The Morgan fingerprint density at radius 3 is 2.15 bits per heavy atom. The largest absolute Gasteiger partial charge is 0.354 e. The van der Waals surface area contributed by atoms with Crippen molar-refractivity contribution in [3.05, 3.63) is 0 Å². The monoisotopic (exact) mass is 278 g/mol. The first-order chi connectivity index (χ1) is 9.03. The van der Waals surface area contributed by atoms with Crippen LogP contribution < -0.4 is 11.1 Å². The molecule has 4 saturated carbocycles. The Morgan fingerprint density at radius 2 is 1.70 bits per heavy atom. The third-order valence-corrected chi connectivity index (χ3v) is 5.81. The van der Waals surface area contributed by atoms with Crippen molar-refractivity contribution in [3.8, 4) is 0 Å². The van der Waals surface area contributed by atoms with Gasteiger partial charge in [-0.05, 0) is 69.1 Å². The Balaban J connectivity index is 1.80. The molecule has 0 spiro atoms. The molecule has 3 nitrogen and oxygen atoms in total. The van der Waals surface area contributed by atoms with Crippen molar-refractivity contribution >= 4 is 5.91 Å². The minimum Gasteiger partial charge on any atom is -0.354 e. The lowest BCUT2D eigenvalue weighted by atomic mass is 9.40. The highest BCUT2D eigenvalue weighted by Crippen LogP contribution is 2.69. The van der Waals surface area contributed by atoms with Crippen molar-refractivity contribution in [1.29, 1.82) is 0 Å². The van der Waals surface area contributed by atoms with Gasteiger partial charge in [-0.1, -0.05) is 13.8 Å². The normalized spacial score (nSPS) is 46.5. The van der Waals surface area contributed by atoms with E-state index in [-0.39, 0.29) is 16.9 Å². The first-order valence-electron chi connectivity index (χ1n) is 8.11. The number of hydrogen-bond acceptors (Lipinski definition) is 2. The van der Waals surface area contributed by atoms with E-state index in [1.54, 1.807) is 0 Å². The van der Waals surface area contributed by atoms with Gasteiger partial charge in [-0.15, -0.1) is 0 Å². The second-order valence-electron chi connectivity index (χ2n) is 9.58. The van der Waals surface area contributed by atoms with E-state index in [0.717, 1.165) is 25.2 Å². The quantitative estimate of drug-likeness (QED) is 0.834. The van der Waals surface area contributed by atoms with Crippen molar-refractivity contribution in [2.45, 2.75) is 71.8 Å². The van der Waals surface area contributed by atoms with Gasteiger partial charge in [-0.2, -0.15) is 0 Å². The van der Waals surface area contributed by atoms with Crippen LogP contribution in [0.1, 0.15) is 66.2 Å². The standard InChI is InChI=1S/C17H30N2O/c1-14(2,18)11-19-13(20)17-7-12-5-15(3,9-17)8-16(4,6-12)10-17/h12H,5-11,18H2,1-4H3,(H,19,20). The predicted octanol–water partition coefficient (Wildman–Crippen LogP) is 2.84. The molecule has 2 unspecified atom stereocenters. The predicted molar refractivity (Wildman–Crippen MR) is 81.1 cm³/mol. The SMILES string of the molecule is CC(C)(N)CNC(=O)C12CC3CC(C)(CC(C)(C3)C1)C2. The molecule has 114 valence electrons. The van der Waals surface area contributed by atoms with Crippen LogP contribution >= 0.6 is 0 Å². The molecule has 4 aliphatic carbocycles. The first kappa shape index (κ1) is 14.4. The summed E-state index contributed by atoms with van der Waals surface area (Å²) < 4.78 is 0. The molecule has 0 heterocycles. The lowest BCUT2D eigenvalue weighted by Gasteiger charge is -2.64. The van der Waals surface area contributed by atoms with Crippen molar-refractivity contribution in [2.75, 3.05) is 6.54 Å². The molecule has 2 atom stereocenters. The molecule has 0 saturated heterocycles. The summed E-state index contributed by atoms with van der Waals surface area (Å²) in [5, 5.41) is 3.15. The lowest BCUT2D eigenvalue weighted by Crippen LogP contribution is -2.61. The minimum absolute atomic E-state index is 0.103. The summed E-state index contributed by atoms with van der Waals surface area (Å²) >= 11 is 0. The highest BCUT2D eigenvalue weighted by atomic mass is 16.2. The number of rotatable bonds is 3. The lowest BCUT2D eigenvalue weighted by molar-refractivity contribution is -0.170. The molecule has 0 radical (unpaired) electrons. The van der Waals surface area contributed by atoms with Gasteiger partial charge in [0.2, 0.25) is 5.91 Å². The molecular formula is C17H30N2O. The molecule has 4 fully saturated rings. The van der Waals surface area contributed by atoms with E-state index in [1.807, 2.05) is 13.8 Å². The van der Waals surface area contributed by atoms with E-state index >= 15 is 0 Å². The highest BCUT2D eigenvalue weighted by molar-refractivity contribution is 5.83. The van der Waals surface area contributed by atoms with Crippen LogP contribution in [-0.2, 0) is 4.79 Å². The van der Waals surface area contributed by atoms with E-state index in [4.69, 9.17) is 5.73 Å². The van der Waals surface area contributed by atoms with Crippen molar-refractivity contribution in [2.24, 2.45) is 27.9 Å². The zero-order valence-electron chi connectivity index (χ0n) is 13.5. The number of amides is 1. The van der Waals surface area contributed by atoms with E-state index in [2.05, 4.69) is 19.2 Å². The van der Waals surface area contributed by atoms with Gasteiger partial charge in [-0.25, -0.2) is 0 Å². The second-order valence-corrected chi connectivity index (χ2v) is 9.58. The van der Waals surface area contributed by atoms with Crippen molar-refractivity contribution < 1.29 is 4.79 Å². The van der Waals surface area contributed by atoms with Crippen LogP contribution in [0.3, 0.4) is 0 Å². The van der Waals surface area contributed by atoms with Crippen LogP contribution in [0, 0.1) is 22.2 Å². The van der Waals surface area contributed by atoms with E-state index in [0.29, 0.717) is 17.4 Å². The van der Waals surface area contributed by atoms with Gasteiger partial charge in [0, 0.05) is 12.1 Å². The molecular weight excluding hydrogens is 248 g/mol. The van der Waals surface area contributed by atoms with Gasteiger partial charge in [0.1, 0.15) is 0 Å². The average molecular weight is 278 g/mol.